The van der Waals surface area contributed by atoms with Crippen LogP contribution in [0.25, 0.3) is 0 Å². The van der Waals surface area contributed by atoms with Crippen molar-refractivity contribution in [2.45, 2.75) is 50.4 Å². The Labute approximate surface area is 141 Å². The van der Waals surface area contributed by atoms with Gasteiger partial charge in [-0.1, -0.05) is 0 Å². The predicted molar refractivity (Wildman–Crippen MR) is 88.2 cm³/mol. The van der Waals surface area contributed by atoms with Gasteiger partial charge in [0.25, 0.3) is 0 Å². The van der Waals surface area contributed by atoms with Gasteiger partial charge in [-0.25, -0.2) is 0 Å². The lowest BCUT2D eigenvalue weighted by molar-refractivity contribution is -0.133. The Hall–Kier alpha value is -1.85. The second-order valence-electron chi connectivity index (χ2n) is 6.87. The molecule has 2 aliphatic heterocycles. The number of aromatic nitrogens is 1. The molecule has 2 aliphatic carbocycles. The molecular weight excluding hydrogens is 302 g/mol. The first-order valence-corrected chi connectivity index (χ1v) is 8.92. The van der Waals surface area contributed by atoms with Gasteiger partial charge < -0.3 is 9.47 Å². The SMILES string of the molecule is c1cc(C2N=NC3=C2C2=C(CC3)C3(CCCC2)OCCO3)ccn1. The van der Waals surface area contributed by atoms with E-state index in [1.165, 1.54) is 28.7 Å². The molecule has 0 bridgehead atoms. The molecule has 1 unspecified atom stereocenters. The van der Waals surface area contributed by atoms with Crippen LogP contribution in [0.1, 0.15) is 50.1 Å². The minimum atomic E-state index is -0.476. The Morgan fingerprint density at radius 3 is 2.67 bits per heavy atom. The minimum Gasteiger partial charge on any atom is -0.344 e. The van der Waals surface area contributed by atoms with Crippen molar-refractivity contribution >= 4 is 0 Å². The Morgan fingerprint density at radius 2 is 1.83 bits per heavy atom. The summed E-state index contributed by atoms with van der Waals surface area (Å²) in [4.78, 5) is 4.13. The highest BCUT2D eigenvalue weighted by Gasteiger charge is 2.46. The molecule has 5 rings (SSSR count). The second kappa shape index (κ2) is 5.60. The molecule has 0 N–H and O–H groups in total. The summed E-state index contributed by atoms with van der Waals surface area (Å²) in [5.74, 6) is -0.476. The first-order valence-electron chi connectivity index (χ1n) is 8.92. The Kier molecular flexibility index (Phi) is 3.38. The molecule has 5 nitrogen and oxygen atoms in total. The Morgan fingerprint density at radius 1 is 1.00 bits per heavy atom. The topological polar surface area (TPSA) is 56.1 Å². The lowest BCUT2D eigenvalue weighted by Gasteiger charge is -2.34. The molecule has 24 heavy (non-hydrogen) atoms. The number of hydrogen-bond donors (Lipinski definition) is 0. The molecule has 0 saturated carbocycles. The summed E-state index contributed by atoms with van der Waals surface area (Å²) in [7, 11) is 0. The van der Waals surface area contributed by atoms with E-state index < -0.39 is 5.79 Å². The number of hydrogen-bond acceptors (Lipinski definition) is 5. The van der Waals surface area contributed by atoms with E-state index in [9.17, 15) is 0 Å². The van der Waals surface area contributed by atoms with Crippen molar-refractivity contribution in [3.8, 4) is 0 Å². The summed E-state index contributed by atoms with van der Waals surface area (Å²) in [6, 6.07) is 4.09. The quantitative estimate of drug-likeness (QED) is 0.776. The minimum absolute atomic E-state index is 0.00449. The van der Waals surface area contributed by atoms with Gasteiger partial charge >= 0.3 is 0 Å². The lowest BCUT2D eigenvalue weighted by atomic mass is 9.80. The third kappa shape index (κ3) is 2.11. The Bertz CT molecular complexity index is 745. The van der Waals surface area contributed by atoms with E-state index in [0.29, 0.717) is 13.2 Å². The Balaban J connectivity index is 1.62. The first-order chi connectivity index (χ1) is 11.9. The molecule has 4 aliphatic rings. The van der Waals surface area contributed by atoms with E-state index in [4.69, 9.17) is 9.47 Å². The molecule has 1 aromatic heterocycles. The van der Waals surface area contributed by atoms with Gasteiger partial charge in [-0.05, 0) is 60.9 Å². The number of allylic oxidation sites excluding steroid dienone is 1. The normalized spacial score (nSPS) is 28.2. The summed E-state index contributed by atoms with van der Waals surface area (Å²) >= 11 is 0. The number of azo groups is 1. The van der Waals surface area contributed by atoms with Gasteiger partial charge in [0.1, 0.15) is 6.04 Å². The standard InChI is InChI=1S/C19H21N3O2/c1-2-8-19(23-11-12-24-19)15-4-5-16-17(14(15)3-1)18(22-21-16)13-6-9-20-10-7-13/h6-7,9-10,18H,1-5,8,11-12H2. The second-order valence-corrected chi connectivity index (χ2v) is 6.87. The maximum absolute atomic E-state index is 6.15. The maximum atomic E-state index is 6.15. The fraction of sp³-hybridized carbons (Fsp3) is 0.526. The van der Waals surface area contributed by atoms with Gasteiger partial charge in [-0.3, -0.25) is 4.98 Å². The third-order valence-electron chi connectivity index (χ3n) is 5.60. The highest BCUT2D eigenvalue weighted by molar-refractivity contribution is 5.51. The van der Waals surface area contributed by atoms with Crippen molar-refractivity contribution in [1.29, 1.82) is 0 Å². The van der Waals surface area contributed by atoms with Gasteiger partial charge in [-0.2, -0.15) is 10.2 Å². The van der Waals surface area contributed by atoms with Crippen LogP contribution in [-0.2, 0) is 9.47 Å². The molecule has 1 atom stereocenters. The molecule has 3 heterocycles. The van der Waals surface area contributed by atoms with Crippen molar-refractivity contribution in [2.24, 2.45) is 10.2 Å². The van der Waals surface area contributed by atoms with Crippen molar-refractivity contribution in [3.63, 3.8) is 0 Å². The number of nitrogens with zero attached hydrogens (tertiary/aromatic N) is 3. The van der Waals surface area contributed by atoms with E-state index >= 15 is 0 Å². The zero-order valence-electron chi connectivity index (χ0n) is 13.7. The zero-order valence-corrected chi connectivity index (χ0v) is 13.7. The zero-order chi connectivity index (χ0) is 16.0. The van der Waals surface area contributed by atoms with Gasteiger partial charge in [0.15, 0.2) is 5.79 Å². The lowest BCUT2D eigenvalue weighted by Crippen LogP contribution is -2.34. The van der Waals surface area contributed by atoms with Gasteiger partial charge in [-0.15, -0.1) is 0 Å². The summed E-state index contributed by atoms with van der Waals surface area (Å²) in [6.07, 6.45) is 9.96. The van der Waals surface area contributed by atoms with E-state index in [1.807, 2.05) is 24.5 Å². The molecule has 5 heteroatoms. The summed E-state index contributed by atoms with van der Waals surface area (Å²) in [5.41, 5.74) is 6.40. The fourth-order valence-electron chi connectivity index (χ4n) is 4.55. The van der Waals surface area contributed by atoms with Crippen LogP contribution in [-0.4, -0.2) is 24.0 Å². The van der Waals surface area contributed by atoms with Crippen molar-refractivity contribution < 1.29 is 9.47 Å². The molecule has 1 spiro atoms. The average Bonchev–Trinajstić information content (AvgIpc) is 3.22. The summed E-state index contributed by atoms with van der Waals surface area (Å²) in [6.45, 7) is 1.40. The van der Waals surface area contributed by atoms with Gasteiger partial charge in [0, 0.05) is 24.4 Å². The van der Waals surface area contributed by atoms with Crippen LogP contribution in [0.3, 0.4) is 0 Å². The van der Waals surface area contributed by atoms with Crippen LogP contribution in [0, 0.1) is 0 Å². The van der Waals surface area contributed by atoms with Crippen molar-refractivity contribution in [3.05, 3.63) is 52.5 Å². The van der Waals surface area contributed by atoms with E-state index in [1.54, 1.807) is 0 Å². The summed E-state index contributed by atoms with van der Waals surface area (Å²) < 4.78 is 12.3. The van der Waals surface area contributed by atoms with Crippen LogP contribution < -0.4 is 0 Å². The van der Waals surface area contributed by atoms with E-state index in [2.05, 4.69) is 15.2 Å². The molecule has 124 valence electrons. The van der Waals surface area contributed by atoms with Gasteiger partial charge in [0.05, 0.1) is 18.9 Å². The number of pyridine rings is 1. The number of fused-ring (bicyclic) bond motifs is 2. The smallest absolute Gasteiger partial charge is 0.191 e. The largest absolute Gasteiger partial charge is 0.344 e. The van der Waals surface area contributed by atoms with E-state index in [-0.39, 0.29) is 6.04 Å². The van der Waals surface area contributed by atoms with Gasteiger partial charge in [0.2, 0.25) is 0 Å². The fourth-order valence-corrected chi connectivity index (χ4v) is 4.55. The van der Waals surface area contributed by atoms with Crippen molar-refractivity contribution in [1.82, 2.24) is 4.98 Å². The highest BCUT2D eigenvalue weighted by atomic mass is 16.7. The number of rotatable bonds is 1. The molecular formula is C19H21N3O2. The molecule has 0 amide bonds. The molecule has 1 saturated heterocycles. The maximum Gasteiger partial charge on any atom is 0.191 e. The molecule has 1 fully saturated rings. The van der Waals surface area contributed by atoms with E-state index in [0.717, 1.165) is 37.8 Å². The van der Waals surface area contributed by atoms with Crippen LogP contribution >= 0.6 is 0 Å². The third-order valence-corrected chi connectivity index (χ3v) is 5.60. The van der Waals surface area contributed by atoms with Crippen molar-refractivity contribution in [2.75, 3.05) is 13.2 Å². The summed E-state index contributed by atoms with van der Waals surface area (Å²) in [5, 5.41) is 9.12. The predicted octanol–water partition coefficient (Wildman–Crippen LogP) is 4.25. The van der Waals surface area contributed by atoms with Crippen LogP contribution in [0.15, 0.2) is 57.2 Å². The average molecular weight is 323 g/mol. The molecule has 1 aromatic rings. The monoisotopic (exact) mass is 323 g/mol. The first kappa shape index (κ1) is 14.5. The van der Waals surface area contributed by atoms with Crippen LogP contribution in [0.2, 0.25) is 0 Å². The van der Waals surface area contributed by atoms with Crippen LogP contribution in [0.4, 0.5) is 0 Å². The molecule has 0 radical (unpaired) electrons. The highest BCUT2D eigenvalue weighted by Crippen LogP contribution is 2.52. The van der Waals surface area contributed by atoms with Crippen LogP contribution in [0.5, 0.6) is 0 Å². The molecule has 0 aromatic carbocycles. The number of ether oxygens (including phenoxy) is 2.